The van der Waals surface area contributed by atoms with E-state index in [0.717, 1.165) is 16.3 Å². The summed E-state index contributed by atoms with van der Waals surface area (Å²) in [6.07, 6.45) is 0.642. The molecule has 18 heavy (non-hydrogen) atoms. The summed E-state index contributed by atoms with van der Waals surface area (Å²) in [6, 6.07) is 7.67. The monoisotopic (exact) mass is 263 g/mol. The van der Waals surface area contributed by atoms with Crippen molar-refractivity contribution in [3.8, 4) is 5.75 Å². The number of ether oxygens (including phenoxy) is 1. The fourth-order valence-electron chi connectivity index (χ4n) is 1.64. The van der Waals surface area contributed by atoms with Crippen LogP contribution in [0.15, 0.2) is 24.3 Å². The van der Waals surface area contributed by atoms with E-state index in [9.17, 15) is 4.79 Å². The van der Waals surface area contributed by atoms with E-state index in [1.54, 1.807) is 14.0 Å². The molecule has 0 aliphatic rings. The summed E-state index contributed by atoms with van der Waals surface area (Å²) in [5.74, 6) is -0.105. The molecule has 2 rings (SSSR count). The molecule has 0 aliphatic carbocycles. The number of rotatable bonds is 4. The molecule has 0 amide bonds. The number of aromatic carboxylic acids is 1. The van der Waals surface area contributed by atoms with Gasteiger partial charge in [-0.25, -0.2) is 9.78 Å². The number of methoxy groups -OCH3 is 1. The van der Waals surface area contributed by atoms with Crippen LogP contribution in [0.4, 0.5) is 0 Å². The first kappa shape index (κ1) is 12.6. The van der Waals surface area contributed by atoms with Crippen LogP contribution in [0.2, 0.25) is 0 Å². The van der Waals surface area contributed by atoms with Gasteiger partial charge in [0.1, 0.15) is 10.6 Å². The van der Waals surface area contributed by atoms with Crippen LogP contribution in [0.5, 0.6) is 5.75 Å². The van der Waals surface area contributed by atoms with E-state index in [4.69, 9.17) is 9.84 Å². The van der Waals surface area contributed by atoms with Gasteiger partial charge < -0.3 is 9.84 Å². The predicted octanol–water partition coefficient (Wildman–Crippen LogP) is 2.75. The molecular formula is C13H13NO3S. The van der Waals surface area contributed by atoms with Gasteiger partial charge in [-0.15, -0.1) is 11.3 Å². The Hall–Kier alpha value is -1.88. The Balaban J connectivity index is 2.18. The lowest BCUT2D eigenvalue weighted by molar-refractivity contribution is 0.0701. The minimum atomic E-state index is -0.911. The predicted molar refractivity (Wildman–Crippen MR) is 69.6 cm³/mol. The number of hydrogen-bond acceptors (Lipinski definition) is 4. The second-order valence-corrected chi connectivity index (χ2v) is 4.94. The smallest absolute Gasteiger partial charge is 0.347 e. The number of hydrogen-bond donors (Lipinski definition) is 1. The summed E-state index contributed by atoms with van der Waals surface area (Å²) < 4.78 is 5.08. The Morgan fingerprint density at radius 3 is 2.56 bits per heavy atom. The lowest BCUT2D eigenvalue weighted by atomic mass is 10.1. The quantitative estimate of drug-likeness (QED) is 0.921. The van der Waals surface area contributed by atoms with E-state index < -0.39 is 5.97 Å². The van der Waals surface area contributed by atoms with E-state index in [1.807, 2.05) is 24.3 Å². The van der Waals surface area contributed by atoms with E-state index >= 15 is 0 Å². The molecule has 0 saturated heterocycles. The molecule has 2 aromatic rings. The minimum Gasteiger partial charge on any atom is -0.497 e. The second kappa shape index (κ2) is 5.18. The molecule has 0 radical (unpaired) electrons. The normalized spacial score (nSPS) is 10.3. The van der Waals surface area contributed by atoms with Crippen LogP contribution in [0.3, 0.4) is 0 Å². The van der Waals surface area contributed by atoms with Crippen molar-refractivity contribution in [2.75, 3.05) is 7.11 Å². The highest BCUT2D eigenvalue weighted by Crippen LogP contribution is 2.21. The van der Waals surface area contributed by atoms with Crippen molar-refractivity contribution in [2.24, 2.45) is 0 Å². The standard InChI is InChI=1S/C13H13NO3S/c1-8-12(13(15)16)18-11(14-8)7-9-3-5-10(17-2)6-4-9/h3-6H,7H2,1-2H3,(H,15,16). The average molecular weight is 263 g/mol. The third-order valence-corrected chi connectivity index (χ3v) is 3.69. The third-order valence-electron chi connectivity index (χ3n) is 2.55. The van der Waals surface area contributed by atoms with Crippen LogP contribution >= 0.6 is 11.3 Å². The summed E-state index contributed by atoms with van der Waals surface area (Å²) in [4.78, 5) is 15.5. The zero-order valence-electron chi connectivity index (χ0n) is 10.1. The summed E-state index contributed by atoms with van der Waals surface area (Å²) >= 11 is 1.23. The number of aryl methyl sites for hydroxylation is 1. The molecule has 0 saturated carbocycles. The van der Waals surface area contributed by atoms with E-state index in [2.05, 4.69) is 4.98 Å². The summed E-state index contributed by atoms with van der Waals surface area (Å²) in [5.41, 5.74) is 1.66. The van der Waals surface area contributed by atoms with Gasteiger partial charge in [0.15, 0.2) is 0 Å². The van der Waals surface area contributed by atoms with Gasteiger partial charge in [-0.05, 0) is 24.6 Å². The highest BCUT2D eigenvalue weighted by Gasteiger charge is 2.13. The molecule has 0 fully saturated rings. The molecule has 94 valence electrons. The number of carboxylic acid groups (broad SMARTS) is 1. The van der Waals surface area contributed by atoms with Crippen LogP contribution in [0, 0.1) is 6.92 Å². The van der Waals surface area contributed by atoms with Crippen molar-refractivity contribution in [3.05, 3.63) is 45.4 Å². The Bertz CT molecular complexity index is 560. The van der Waals surface area contributed by atoms with E-state index in [1.165, 1.54) is 11.3 Å². The molecule has 1 N–H and O–H groups in total. The molecule has 0 bridgehead atoms. The number of aromatic nitrogens is 1. The van der Waals surface area contributed by atoms with Gasteiger partial charge in [-0.2, -0.15) is 0 Å². The zero-order valence-corrected chi connectivity index (χ0v) is 11.0. The molecule has 0 spiro atoms. The SMILES string of the molecule is COc1ccc(Cc2nc(C)c(C(=O)O)s2)cc1. The molecular weight excluding hydrogens is 250 g/mol. The van der Waals surface area contributed by atoms with Crippen molar-refractivity contribution in [1.29, 1.82) is 0 Å². The van der Waals surface area contributed by atoms with E-state index in [-0.39, 0.29) is 0 Å². The summed E-state index contributed by atoms with van der Waals surface area (Å²) in [7, 11) is 1.62. The zero-order chi connectivity index (χ0) is 13.1. The minimum absolute atomic E-state index is 0.318. The Morgan fingerprint density at radius 1 is 1.39 bits per heavy atom. The van der Waals surface area contributed by atoms with Crippen LogP contribution in [-0.4, -0.2) is 23.2 Å². The maximum absolute atomic E-state index is 10.9. The van der Waals surface area contributed by atoms with Crippen molar-refractivity contribution < 1.29 is 14.6 Å². The summed E-state index contributed by atoms with van der Waals surface area (Å²) in [5, 5.41) is 9.78. The van der Waals surface area contributed by atoms with Crippen molar-refractivity contribution in [3.63, 3.8) is 0 Å². The molecule has 4 nitrogen and oxygen atoms in total. The lowest BCUT2D eigenvalue weighted by Crippen LogP contribution is -1.94. The molecule has 1 heterocycles. The molecule has 0 unspecified atom stereocenters. The first-order valence-electron chi connectivity index (χ1n) is 5.42. The number of carbonyl (C=O) groups is 1. The molecule has 1 aromatic heterocycles. The Morgan fingerprint density at radius 2 is 2.06 bits per heavy atom. The fourth-order valence-corrected chi connectivity index (χ4v) is 2.58. The van der Waals surface area contributed by atoms with Gasteiger partial charge in [-0.1, -0.05) is 12.1 Å². The number of thiazole rings is 1. The van der Waals surface area contributed by atoms with Crippen molar-refractivity contribution in [2.45, 2.75) is 13.3 Å². The molecule has 5 heteroatoms. The first-order chi connectivity index (χ1) is 8.60. The van der Waals surface area contributed by atoms with Crippen LogP contribution in [0.1, 0.15) is 25.9 Å². The van der Waals surface area contributed by atoms with Crippen LogP contribution in [-0.2, 0) is 6.42 Å². The maximum Gasteiger partial charge on any atom is 0.347 e. The van der Waals surface area contributed by atoms with Gasteiger partial charge in [0, 0.05) is 6.42 Å². The number of nitrogens with zero attached hydrogens (tertiary/aromatic N) is 1. The maximum atomic E-state index is 10.9. The van der Waals surface area contributed by atoms with Gasteiger partial charge in [0.2, 0.25) is 0 Å². The highest BCUT2D eigenvalue weighted by atomic mass is 32.1. The highest BCUT2D eigenvalue weighted by molar-refractivity contribution is 7.13. The van der Waals surface area contributed by atoms with Crippen molar-refractivity contribution in [1.82, 2.24) is 4.98 Å². The Labute approximate surface area is 109 Å². The molecule has 0 aliphatic heterocycles. The average Bonchev–Trinajstić information content (AvgIpc) is 2.71. The van der Waals surface area contributed by atoms with Gasteiger partial charge >= 0.3 is 5.97 Å². The van der Waals surface area contributed by atoms with E-state index in [0.29, 0.717) is 17.0 Å². The fraction of sp³-hybridized carbons (Fsp3) is 0.231. The van der Waals surface area contributed by atoms with Crippen molar-refractivity contribution >= 4 is 17.3 Å². The Kier molecular flexibility index (Phi) is 3.62. The molecule has 0 atom stereocenters. The number of benzene rings is 1. The molecule has 1 aromatic carbocycles. The van der Waals surface area contributed by atoms with Crippen LogP contribution in [0.25, 0.3) is 0 Å². The largest absolute Gasteiger partial charge is 0.497 e. The van der Waals surface area contributed by atoms with Gasteiger partial charge in [-0.3, -0.25) is 0 Å². The van der Waals surface area contributed by atoms with Gasteiger partial charge in [0.25, 0.3) is 0 Å². The second-order valence-electron chi connectivity index (χ2n) is 3.85. The first-order valence-corrected chi connectivity index (χ1v) is 6.24. The lowest BCUT2D eigenvalue weighted by Gasteiger charge is -2.01. The third kappa shape index (κ3) is 2.68. The summed E-state index contributed by atoms with van der Waals surface area (Å²) in [6.45, 7) is 1.72. The van der Waals surface area contributed by atoms with Gasteiger partial charge in [0.05, 0.1) is 17.8 Å². The number of carboxylic acids is 1. The van der Waals surface area contributed by atoms with Crippen LogP contribution < -0.4 is 4.74 Å². The topological polar surface area (TPSA) is 59.4 Å².